The van der Waals surface area contributed by atoms with Crippen LogP contribution in [0.2, 0.25) is 5.02 Å². The number of rotatable bonds is 4. The first-order valence-corrected chi connectivity index (χ1v) is 7.38. The van der Waals surface area contributed by atoms with E-state index in [1.165, 1.54) is 30.7 Å². The van der Waals surface area contributed by atoms with Crippen molar-refractivity contribution in [1.82, 2.24) is 9.55 Å². The van der Waals surface area contributed by atoms with Gasteiger partial charge < -0.3 is 10.3 Å². The van der Waals surface area contributed by atoms with Gasteiger partial charge in [-0.2, -0.15) is 8.42 Å². The highest BCUT2D eigenvalue weighted by Gasteiger charge is 2.17. The van der Waals surface area contributed by atoms with Crippen LogP contribution in [-0.4, -0.2) is 18.0 Å². The van der Waals surface area contributed by atoms with E-state index in [9.17, 15) is 8.42 Å². The van der Waals surface area contributed by atoms with Gasteiger partial charge in [-0.1, -0.05) is 11.6 Å². The van der Waals surface area contributed by atoms with Crippen molar-refractivity contribution in [3.05, 3.63) is 35.7 Å². The zero-order chi connectivity index (χ0) is 14.0. The number of halogens is 1. The maximum absolute atomic E-state index is 12.1. The molecule has 0 aliphatic heterocycles. The summed E-state index contributed by atoms with van der Waals surface area (Å²) in [6, 6.07) is 4.52. The third-order valence-corrected chi connectivity index (χ3v) is 4.10. The second kappa shape index (κ2) is 5.10. The van der Waals surface area contributed by atoms with E-state index in [1.54, 1.807) is 4.57 Å². The predicted molar refractivity (Wildman–Crippen MR) is 74.6 cm³/mol. The molecule has 102 valence electrons. The van der Waals surface area contributed by atoms with Crippen LogP contribution in [0.15, 0.2) is 35.7 Å². The average Bonchev–Trinajstić information content (AvgIpc) is 2.83. The highest BCUT2D eigenvalue weighted by Crippen LogP contribution is 2.24. The van der Waals surface area contributed by atoms with Gasteiger partial charge >= 0.3 is 0 Å². The number of sulfonamides is 1. The fourth-order valence-electron chi connectivity index (χ4n) is 1.45. The Morgan fingerprint density at radius 2 is 2.21 bits per heavy atom. The molecule has 1 aromatic carbocycles. The van der Waals surface area contributed by atoms with Crippen LogP contribution in [0.3, 0.4) is 0 Å². The second-order valence-corrected chi connectivity index (χ2v) is 5.92. The minimum atomic E-state index is -3.71. The van der Waals surface area contributed by atoms with E-state index in [1.807, 2.05) is 6.92 Å². The van der Waals surface area contributed by atoms with Gasteiger partial charge in [0.25, 0.3) is 10.0 Å². The number of aromatic nitrogens is 2. The number of nitrogen functional groups attached to an aromatic ring is 1. The van der Waals surface area contributed by atoms with E-state index in [2.05, 4.69) is 9.71 Å². The molecule has 1 aromatic heterocycles. The van der Waals surface area contributed by atoms with Crippen molar-refractivity contribution >= 4 is 33.0 Å². The summed E-state index contributed by atoms with van der Waals surface area (Å²) < 4.78 is 28.2. The third kappa shape index (κ3) is 2.99. The molecular weight excluding hydrogens is 288 g/mol. The van der Waals surface area contributed by atoms with Crippen molar-refractivity contribution in [1.29, 1.82) is 0 Å². The molecule has 0 amide bonds. The van der Waals surface area contributed by atoms with Gasteiger partial charge in [-0.3, -0.25) is 4.72 Å². The number of nitrogens with two attached hydrogens (primary N) is 1. The van der Waals surface area contributed by atoms with E-state index in [-0.39, 0.29) is 5.03 Å². The summed E-state index contributed by atoms with van der Waals surface area (Å²) in [6.07, 6.45) is 2.92. The molecule has 0 saturated heterocycles. The first kappa shape index (κ1) is 13.7. The molecule has 6 nitrogen and oxygen atoms in total. The van der Waals surface area contributed by atoms with E-state index in [4.69, 9.17) is 17.3 Å². The average molecular weight is 301 g/mol. The van der Waals surface area contributed by atoms with Crippen LogP contribution >= 0.6 is 11.6 Å². The van der Waals surface area contributed by atoms with E-state index < -0.39 is 10.0 Å². The monoisotopic (exact) mass is 300 g/mol. The Labute approximate surface area is 116 Å². The van der Waals surface area contributed by atoms with Crippen molar-refractivity contribution < 1.29 is 8.42 Å². The zero-order valence-electron chi connectivity index (χ0n) is 10.2. The molecule has 2 aromatic rings. The first-order valence-electron chi connectivity index (χ1n) is 5.52. The predicted octanol–water partition coefficient (Wildman–Crippen LogP) is 1.94. The number of nitrogens with one attached hydrogen (secondary N) is 1. The lowest BCUT2D eigenvalue weighted by atomic mass is 10.3. The largest absolute Gasteiger partial charge is 0.398 e. The fourth-order valence-corrected chi connectivity index (χ4v) is 2.63. The van der Waals surface area contributed by atoms with Crippen LogP contribution in [0.1, 0.15) is 6.92 Å². The summed E-state index contributed by atoms with van der Waals surface area (Å²) in [4.78, 5) is 3.85. The molecule has 8 heteroatoms. The molecular formula is C11H13ClN4O2S. The van der Waals surface area contributed by atoms with Gasteiger partial charge in [0.2, 0.25) is 0 Å². The maximum Gasteiger partial charge on any atom is 0.280 e. The zero-order valence-corrected chi connectivity index (χ0v) is 11.7. The third-order valence-electron chi connectivity index (χ3n) is 2.50. The van der Waals surface area contributed by atoms with Crippen molar-refractivity contribution in [2.24, 2.45) is 0 Å². The second-order valence-electron chi connectivity index (χ2n) is 3.88. The highest BCUT2D eigenvalue weighted by molar-refractivity contribution is 7.92. The Morgan fingerprint density at radius 1 is 1.47 bits per heavy atom. The smallest absolute Gasteiger partial charge is 0.280 e. The van der Waals surface area contributed by atoms with Gasteiger partial charge in [0.1, 0.15) is 0 Å². The Hall–Kier alpha value is -1.73. The van der Waals surface area contributed by atoms with Crippen molar-refractivity contribution in [3.63, 3.8) is 0 Å². The molecule has 0 bridgehead atoms. The lowest BCUT2D eigenvalue weighted by molar-refractivity contribution is 0.598. The topological polar surface area (TPSA) is 90.0 Å². The molecule has 0 unspecified atom stereocenters. The molecule has 0 aliphatic rings. The number of benzene rings is 1. The van der Waals surface area contributed by atoms with Crippen molar-refractivity contribution in [2.75, 3.05) is 10.5 Å². The number of imidazole rings is 1. The summed E-state index contributed by atoms with van der Waals surface area (Å²) in [5.74, 6) is 0. The summed E-state index contributed by atoms with van der Waals surface area (Å²) in [6.45, 7) is 2.54. The number of nitrogens with zero attached hydrogens (tertiary/aromatic N) is 2. The Balaban J connectivity index is 2.28. The molecule has 0 spiro atoms. The molecule has 1 heterocycles. The van der Waals surface area contributed by atoms with E-state index in [0.29, 0.717) is 22.9 Å². The van der Waals surface area contributed by atoms with Crippen LogP contribution in [0.25, 0.3) is 0 Å². The van der Waals surface area contributed by atoms with Gasteiger partial charge in [-0.15, -0.1) is 0 Å². The van der Waals surface area contributed by atoms with Crippen LogP contribution in [0.5, 0.6) is 0 Å². The normalized spacial score (nSPS) is 11.5. The molecule has 0 saturated carbocycles. The summed E-state index contributed by atoms with van der Waals surface area (Å²) in [5.41, 5.74) is 6.29. The molecule has 0 aliphatic carbocycles. The molecule has 19 heavy (non-hydrogen) atoms. The van der Waals surface area contributed by atoms with Crippen LogP contribution in [-0.2, 0) is 16.6 Å². The van der Waals surface area contributed by atoms with Crippen LogP contribution < -0.4 is 10.5 Å². The molecule has 0 fully saturated rings. The quantitative estimate of drug-likeness (QED) is 0.844. The number of hydrogen-bond donors (Lipinski definition) is 2. The Bertz CT molecular complexity index is 696. The minimum Gasteiger partial charge on any atom is -0.398 e. The number of anilines is 2. The van der Waals surface area contributed by atoms with Crippen molar-refractivity contribution in [3.8, 4) is 0 Å². The van der Waals surface area contributed by atoms with E-state index >= 15 is 0 Å². The lowest BCUT2D eigenvalue weighted by Gasteiger charge is -2.07. The Morgan fingerprint density at radius 3 is 2.79 bits per heavy atom. The highest BCUT2D eigenvalue weighted by atomic mass is 35.5. The summed E-state index contributed by atoms with van der Waals surface area (Å²) >= 11 is 5.84. The van der Waals surface area contributed by atoms with Gasteiger partial charge in [0, 0.05) is 12.7 Å². The van der Waals surface area contributed by atoms with Crippen LogP contribution in [0.4, 0.5) is 11.4 Å². The first-order chi connectivity index (χ1) is 8.92. The SMILES string of the molecule is CCn1cnc(S(=O)(=O)Nc2ccc(N)c(Cl)c2)c1. The maximum atomic E-state index is 12.1. The number of aryl methyl sites for hydroxylation is 1. The Kier molecular flexibility index (Phi) is 3.68. The standard InChI is InChI=1S/C11H13ClN4O2S/c1-2-16-6-11(14-7-16)19(17,18)15-8-3-4-10(13)9(12)5-8/h3-7,15H,2,13H2,1H3. The van der Waals surface area contributed by atoms with Gasteiger partial charge in [0.05, 0.1) is 22.7 Å². The molecule has 3 N–H and O–H groups in total. The van der Waals surface area contributed by atoms with Crippen molar-refractivity contribution in [2.45, 2.75) is 18.5 Å². The van der Waals surface area contributed by atoms with Crippen LogP contribution in [0, 0.1) is 0 Å². The van der Waals surface area contributed by atoms with Gasteiger partial charge in [0.15, 0.2) is 5.03 Å². The summed E-state index contributed by atoms with van der Waals surface area (Å²) in [7, 11) is -3.71. The van der Waals surface area contributed by atoms with E-state index in [0.717, 1.165) is 0 Å². The van der Waals surface area contributed by atoms with Gasteiger partial charge in [-0.05, 0) is 25.1 Å². The molecule has 0 atom stereocenters. The summed E-state index contributed by atoms with van der Waals surface area (Å²) in [5, 5.41) is 0.251. The molecule has 2 rings (SSSR count). The molecule has 0 radical (unpaired) electrons. The minimum absolute atomic E-state index is 0.0395. The fraction of sp³-hybridized carbons (Fsp3) is 0.182. The van der Waals surface area contributed by atoms with Gasteiger partial charge in [-0.25, -0.2) is 4.98 Å². The lowest BCUT2D eigenvalue weighted by Crippen LogP contribution is -2.13. The number of hydrogen-bond acceptors (Lipinski definition) is 4.